The smallest absolute Gasteiger partial charge is 0.354 e. The molecule has 0 atom stereocenters. The monoisotopic (exact) mass is 279 g/mol. The molecule has 2 aromatic carbocycles. The summed E-state index contributed by atoms with van der Waals surface area (Å²) in [6, 6.07) is 16.5. The average Bonchev–Trinajstić information content (AvgIpc) is 2.49. The van der Waals surface area contributed by atoms with E-state index in [-0.39, 0.29) is 5.69 Å². The molecule has 0 fully saturated rings. The standard InChI is InChI=1S/C17H13NO3/c1-11-6-2-5-9-15(11)21-16-13-8-4-3-7-12(13)10-14(18-16)17(19)20/h2-10H,1H3,(H,19,20). The first-order chi connectivity index (χ1) is 10.1. The van der Waals surface area contributed by atoms with Crippen molar-refractivity contribution in [1.82, 2.24) is 4.98 Å². The van der Waals surface area contributed by atoms with Crippen LogP contribution in [0.25, 0.3) is 10.8 Å². The summed E-state index contributed by atoms with van der Waals surface area (Å²) in [6.07, 6.45) is 0. The minimum atomic E-state index is -1.07. The van der Waals surface area contributed by atoms with Crippen molar-refractivity contribution in [1.29, 1.82) is 0 Å². The second-order valence-electron chi connectivity index (χ2n) is 4.71. The molecule has 1 N–H and O–H groups in total. The van der Waals surface area contributed by atoms with Gasteiger partial charge in [-0.05, 0) is 36.1 Å². The van der Waals surface area contributed by atoms with E-state index < -0.39 is 5.97 Å². The van der Waals surface area contributed by atoms with Crippen LogP contribution >= 0.6 is 0 Å². The molecule has 1 heterocycles. The van der Waals surface area contributed by atoms with Crippen molar-refractivity contribution in [2.24, 2.45) is 0 Å². The lowest BCUT2D eigenvalue weighted by Crippen LogP contribution is -2.02. The normalized spacial score (nSPS) is 10.5. The Morgan fingerprint density at radius 1 is 1.10 bits per heavy atom. The Balaban J connectivity index is 2.16. The van der Waals surface area contributed by atoms with E-state index in [1.165, 1.54) is 0 Å². The fourth-order valence-electron chi connectivity index (χ4n) is 2.13. The fourth-order valence-corrected chi connectivity index (χ4v) is 2.13. The van der Waals surface area contributed by atoms with Gasteiger partial charge in [-0.25, -0.2) is 9.78 Å². The Kier molecular flexibility index (Phi) is 3.28. The summed E-state index contributed by atoms with van der Waals surface area (Å²) in [5.41, 5.74) is 0.932. The van der Waals surface area contributed by atoms with Gasteiger partial charge in [-0.1, -0.05) is 36.4 Å². The summed E-state index contributed by atoms with van der Waals surface area (Å²) < 4.78 is 5.84. The van der Waals surface area contributed by atoms with E-state index in [0.717, 1.165) is 16.3 Å². The maximum atomic E-state index is 11.2. The first-order valence-electron chi connectivity index (χ1n) is 6.52. The van der Waals surface area contributed by atoms with Crippen LogP contribution in [0.3, 0.4) is 0 Å². The van der Waals surface area contributed by atoms with Crippen LogP contribution in [0, 0.1) is 6.92 Å². The second kappa shape index (κ2) is 5.25. The highest BCUT2D eigenvalue weighted by Gasteiger charge is 2.13. The van der Waals surface area contributed by atoms with Crippen molar-refractivity contribution >= 4 is 16.7 Å². The summed E-state index contributed by atoms with van der Waals surface area (Å²) in [7, 11) is 0. The number of pyridine rings is 1. The van der Waals surface area contributed by atoms with Gasteiger partial charge in [0.1, 0.15) is 5.75 Å². The Hall–Kier alpha value is -2.88. The Bertz CT molecular complexity index is 827. The number of aromatic carboxylic acids is 1. The molecular weight excluding hydrogens is 266 g/mol. The molecule has 3 aromatic rings. The van der Waals surface area contributed by atoms with Gasteiger partial charge in [-0.3, -0.25) is 0 Å². The number of carbonyl (C=O) groups is 1. The van der Waals surface area contributed by atoms with Crippen molar-refractivity contribution in [3.63, 3.8) is 0 Å². The lowest BCUT2D eigenvalue weighted by atomic mass is 10.1. The number of aryl methyl sites for hydroxylation is 1. The number of hydrogen-bond donors (Lipinski definition) is 1. The van der Waals surface area contributed by atoms with Crippen LogP contribution in [0.15, 0.2) is 54.6 Å². The van der Waals surface area contributed by atoms with Crippen molar-refractivity contribution in [3.8, 4) is 11.6 Å². The number of ether oxygens (including phenoxy) is 1. The van der Waals surface area contributed by atoms with E-state index in [4.69, 9.17) is 4.74 Å². The van der Waals surface area contributed by atoms with E-state index in [9.17, 15) is 9.90 Å². The first-order valence-corrected chi connectivity index (χ1v) is 6.52. The number of fused-ring (bicyclic) bond motifs is 1. The molecule has 0 aliphatic rings. The number of carboxylic acid groups (broad SMARTS) is 1. The molecule has 0 radical (unpaired) electrons. The highest BCUT2D eigenvalue weighted by molar-refractivity contribution is 5.94. The lowest BCUT2D eigenvalue weighted by Gasteiger charge is -2.11. The number of para-hydroxylation sites is 1. The topological polar surface area (TPSA) is 59.4 Å². The maximum absolute atomic E-state index is 11.2. The van der Waals surface area contributed by atoms with Crippen molar-refractivity contribution in [3.05, 3.63) is 65.9 Å². The third kappa shape index (κ3) is 2.56. The summed E-state index contributed by atoms with van der Waals surface area (Å²) in [5, 5.41) is 10.7. The summed E-state index contributed by atoms with van der Waals surface area (Å²) in [6.45, 7) is 1.93. The molecule has 0 spiro atoms. The third-order valence-electron chi connectivity index (χ3n) is 3.22. The van der Waals surface area contributed by atoms with Gasteiger partial charge in [-0.2, -0.15) is 0 Å². The second-order valence-corrected chi connectivity index (χ2v) is 4.71. The molecule has 4 heteroatoms. The van der Waals surface area contributed by atoms with Crippen LogP contribution in [0.2, 0.25) is 0 Å². The zero-order valence-electron chi connectivity index (χ0n) is 11.4. The van der Waals surface area contributed by atoms with Crippen LogP contribution < -0.4 is 4.74 Å². The zero-order valence-corrected chi connectivity index (χ0v) is 11.4. The van der Waals surface area contributed by atoms with Crippen LogP contribution in [-0.4, -0.2) is 16.1 Å². The van der Waals surface area contributed by atoms with Gasteiger partial charge in [0.05, 0.1) is 0 Å². The van der Waals surface area contributed by atoms with Crippen LogP contribution in [-0.2, 0) is 0 Å². The van der Waals surface area contributed by atoms with E-state index in [2.05, 4.69) is 4.98 Å². The van der Waals surface area contributed by atoms with Gasteiger partial charge in [0.2, 0.25) is 5.88 Å². The van der Waals surface area contributed by atoms with Gasteiger partial charge in [0, 0.05) is 5.39 Å². The summed E-state index contributed by atoms with van der Waals surface area (Å²) in [5.74, 6) is -0.104. The quantitative estimate of drug-likeness (QED) is 0.786. The average molecular weight is 279 g/mol. The molecule has 0 aliphatic carbocycles. The van der Waals surface area contributed by atoms with E-state index >= 15 is 0 Å². The molecule has 0 bridgehead atoms. The van der Waals surface area contributed by atoms with Gasteiger partial charge < -0.3 is 9.84 Å². The number of rotatable bonds is 3. The van der Waals surface area contributed by atoms with Gasteiger partial charge in [-0.15, -0.1) is 0 Å². The van der Waals surface area contributed by atoms with E-state index in [0.29, 0.717) is 11.6 Å². The Morgan fingerprint density at radius 3 is 2.57 bits per heavy atom. The van der Waals surface area contributed by atoms with E-state index in [1.54, 1.807) is 6.07 Å². The molecule has 0 aliphatic heterocycles. The molecule has 0 unspecified atom stereocenters. The zero-order chi connectivity index (χ0) is 14.8. The fraction of sp³-hybridized carbons (Fsp3) is 0.0588. The third-order valence-corrected chi connectivity index (χ3v) is 3.22. The lowest BCUT2D eigenvalue weighted by molar-refractivity contribution is 0.0690. The van der Waals surface area contributed by atoms with E-state index in [1.807, 2.05) is 55.5 Å². The van der Waals surface area contributed by atoms with Crippen LogP contribution in [0.4, 0.5) is 0 Å². The van der Waals surface area contributed by atoms with Crippen molar-refractivity contribution < 1.29 is 14.6 Å². The van der Waals surface area contributed by atoms with Gasteiger partial charge in [0.15, 0.2) is 5.69 Å². The van der Waals surface area contributed by atoms with Crippen LogP contribution in [0.1, 0.15) is 16.1 Å². The molecule has 3 rings (SSSR count). The Morgan fingerprint density at radius 2 is 1.81 bits per heavy atom. The Labute approximate surface area is 121 Å². The molecule has 4 nitrogen and oxygen atoms in total. The molecule has 1 aromatic heterocycles. The number of nitrogens with zero attached hydrogens (tertiary/aromatic N) is 1. The first kappa shape index (κ1) is 13.1. The molecule has 21 heavy (non-hydrogen) atoms. The maximum Gasteiger partial charge on any atom is 0.354 e. The van der Waals surface area contributed by atoms with Gasteiger partial charge in [0.25, 0.3) is 0 Å². The molecule has 0 saturated heterocycles. The number of hydrogen-bond acceptors (Lipinski definition) is 3. The minimum absolute atomic E-state index is 0.0303. The number of aromatic nitrogens is 1. The summed E-state index contributed by atoms with van der Waals surface area (Å²) >= 11 is 0. The number of benzene rings is 2. The van der Waals surface area contributed by atoms with Crippen molar-refractivity contribution in [2.45, 2.75) is 6.92 Å². The predicted molar refractivity (Wildman–Crippen MR) is 80.0 cm³/mol. The highest BCUT2D eigenvalue weighted by Crippen LogP contribution is 2.30. The SMILES string of the molecule is Cc1ccccc1Oc1nc(C(=O)O)cc2ccccc12. The van der Waals surface area contributed by atoms with Crippen LogP contribution in [0.5, 0.6) is 11.6 Å². The van der Waals surface area contributed by atoms with Crippen molar-refractivity contribution in [2.75, 3.05) is 0 Å². The highest BCUT2D eigenvalue weighted by atomic mass is 16.5. The molecule has 0 amide bonds. The van der Waals surface area contributed by atoms with Gasteiger partial charge >= 0.3 is 5.97 Å². The summed E-state index contributed by atoms with van der Waals surface area (Å²) in [4.78, 5) is 15.3. The molecular formula is C17H13NO3. The minimum Gasteiger partial charge on any atom is -0.477 e. The number of carboxylic acids is 1. The largest absolute Gasteiger partial charge is 0.477 e. The molecule has 0 saturated carbocycles. The molecule has 104 valence electrons. The predicted octanol–water partition coefficient (Wildman–Crippen LogP) is 4.03.